The lowest BCUT2D eigenvalue weighted by molar-refractivity contribution is 0.0534. The summed E-state index contributed by atoms with van der Waals surface area (Å²) < 4.78 is 5.15. The Hall–Kier alpha value is -1.81. The molecule has 0 aliphatic carbocycles. The highest BCUT2D eigenvalue weighted by Gasteiger charge is 2.14. The van der Waals surface area contributed by atoms with Crippen LogP contribution in [0.2, 0.25) is 0 Å². The van der Waals surface area contributed by atoms with Gasteiger partial charge in [-0.3, -0.25) is 0 Å². The second-order valence-corrected chi connectivity index (χ2v) is 6.34. The van der Waals surface area contributed by atoms with E-state index in [1.54, 1.807) is 0 Å². The summed E-state index contributed by atoms with van der Waals surface area (Å²) in [5, 5.41) is 6.05. The van der Waals surface area contributed by atoms with Crippen molar-refractivity contribution < 1.29 is 9.53 Å². The monoisotopic (exact) mass is 304 g/mol. The maximum atomic E-state index is 11.4. The minimum atomic E-state index is -0.457. The number of aryl methyl sites for hydroxylation is 1. The first-order chi connectivity index (χ1) is 10.3. The first-order valence-electron chi connectivity index (χ1n) is 7.67. The zero-order valence-corrected chi connectivity index (χ0v) is 14.3. The van der Waals surface area contributed by atoms with Gasteiger partial charge < -0.3 is 15.4 Å². The average molecular weight is 304 g/mol. The van der Waals surface area contributed by atoms with Crippen LogP contribution in [-0.4, -0.2) is 24.8 Å². The zero-order chi connectivity index (χ0) is 16.6. The first kappa shape index (κ1) is 18.2. The van der Waals surface area contributed by atoms with Crippen LogP contribution >= 0.6 is 0 Å². The summed E-state index contributed by atoms with van der Waals surface area (Å²) in [6.45, 7) is 11.9. The minimum absolute atomic E-state index is 0.388. The van der Waals surface area contributed by atoms with Gasteiger partial charge in [-0.2, -0.15) is 0 Å². The maximum Gasteiger partial charge on any atom is 0.407 e. The SMILES string of the molecule is Cc1cccc(CNC/C=C/CNC(=O)OC(C)(C)C)c1C. The third-order valence-corrected chi connectivity index (χ3v) is 3.22. The van der Waals surface area contributed by atoms with E-state index in [0.717, 1.165) is 13.1 Å². The molecule has 0 unspecified atom stereocenters. The molecule has 0 fully saturated rings. The highest BCUT2D eigenvalue weighted by atomic mass is 16.6. The van der Waals surface area contributed by atoms with E-state index in [1.165, 1.54) is 16.7 Å². The van der Waals surface area contributed by atoms with E-state index < -0.39 is 5.60 Å². The number of nitrogens with one attached hydrogen (secondary N) is 2. The van der Waals surface area contributed by atoms with E-state index in [4.69, 9.17) is 4.74 Å². The van der Waals surface area contributed by atoms with Crippen LogP contribution in [0.1, 0.15) is 37.5 Å². The number of alkyl carbamates (subject to hydrolysis) is 1. The fourth-order valence-corrected chi connectivity index (χ4v) is 1.92. The Bertz CT molecular complexity index is 516. The summed E-state index contributed by atoms with van der Waals surface area (Å²) in [5.74, 6) is 0. The van der Waals surface area contributed by atoms with Crippen LogP contribution in [0.25, 0.3) is 0 Å². The third kappa shape index (κ3) is 7.27. The lowest BCUT2D eigenvalue weighted by atomic mass is 10.0. The molecule has 4 heteroatoms. The molecule has 1 amide bonds. The summed E-state index contributed by atoms with van der Waals surface area (Å²) in [4.78, 5) is 11.4. The van der Waals surface area contributed by atoms with E-state index in [2.05, 4.69) is 42.7 Å². The van der Waals surface area contributed by atoms with Crippen LogP contribution in [0.5, 0.6) is 0 Å². The van der Waals surface area contributed by atoms with Gasteiger partial charge in [0.2, 0.25) is 0 Å². The van der Waals surface area contributed by atoms with Crippen molar-refractivity contribution in [2.75, 3.05) is 13.1 Å². The molecule has 0 aliphatic heterocycles. The molecule has 2 N–H and O–H groups in total. The van der Waals surface area contributed by atoms with Crippen molar-refractivity contribution in [3.63, 3.8) is 0 Å². The molecule has 1 aromatic rings. The quantitative estimate of drug-likeness (QED) is 0.625. The molecule has 22 heavy (non-hydrogen) atoms. The van der Waals surface area contributed by atoms with Crippen LogP contribution in [0, 0.1) is 13.8 Å². The topological polar surface area (TPSA) is 50.4 Å². The minimum Gasteiger partial charge on any atom is -0.444 e. The van der Waals surface area contributed by atoms with E-state index >= 15 is 0 Å². The second-order valence-electron chi connectivity index (χ2n) is 6.34. The number of carbonyl (C=O) groups excluding carboxylic acids is 1. The molecule has 0 atom stereocenters. The molecule has 122 valence electrons. The Morgan fingerprint density at radius 2 is 1.86 bits per heavy atom. The van der Waals surface area contributed by atoms with Gasteiger partial charge in [-0.05, 0) is 51.3 Å². The molecule has 0 bridgehead atoms. The van der Waals surface area contributed by atoms with Crippen molar-refractivity contribution in [3.8, 4) is 0 Å². The van der Waals surface area contributed by atoms with Gasteiger partial charge in [-0.1, -0.05) is 30.4 Å². The smallest absolute Gasteiger partial charge is 0.407 e. The number of benzene rings is 1. The largest absolute Gasteiger partial charge is 0.444 e. The summed E-state index contributed by atoms with van der Waals surface area (Å²) in [6.07, 6.45) is 3.53. The van der Waals surface area contributed by atoms with Gasteiger partial charge in [0.15, 0.2) is 0 Å². The van der Waals surface area contributed by atoms with Crippen LogP contribution in [0.4, 0.5) is 4.79 Å². The summed E-state index contributed by atoms with van der Waals surface area (Å²) in [7, 11) is 0. The standard InChI is InChI=1S/C18H28N2O2/c1-14-9-8-10-16(15(14)2)13-19-11-6-7-12-20-17(21)22-18(3,4)5/h6-10,19H,11-13H2,1-5H3,(H,20,21)/b7-6+. The number of amides is 1. The van der Waals surface area contributed by atoms with E-state index in [-0.39, 0.29) is 6.09 Å². The highest BCUT2D eigenvalue weighted by molar-refractivity contribution is 5.67. The van der Waals surface area contributed by atoms with Gasteiger partial charge in [0, 0.05) is 19.6 Å². The molecule has 0 saturated carbocycles. The normalized spacial score (nSPS) is 11.7. The van der Waals surface area contributed by atoms with Gasteiger partial charge in [-0.15, -0.1) is 0 Å². The highest BCUT2D eigenvalue weighted by Crippen LogP contribution is 2.12. The molecule has 0 heterocycles. The van der Waals surface area contributed by atoms with Crippen LogP contribution in [0.15, 0.2) is 30.4 Å². The predicted octanol–water partition coefficient (Wildman–Crippen LogP) is 3.47. The summed E-state index contributed by atoms with van der Waals surface area (Å²) >= 11 is 0. The Morgan fingerprint density at radius 3 is 2.55 bits per heavy atom. The van der Waals surface area contributed by atoms with E-state index in [9.17, 15) is 4.79 Å². The molecule has 1 aromatic carbocycles. The molecule has 4 nitrogen and oxygen atoms in total. The average Bonchev–Trinajstić information content (AvgIpc) is 2.40. The molecule has 0 saturated heterocycles. The lowest BCUT2D eigenvalue weighted by Crippen LogP contribution is -2.32. The van der Waals surface area contributed by atoms with Gasteiger partial charge in [0.05, 0.1) is 0 Å². The maximum absolute atomic E-state index is 11.4. The van der Waals surface area contributed by atoms with Crippen molar-refractivity contribution in [3.05, 3.63) is 47.0 Å². The lowest BCUT2D eigenvalue weighted by Gasteiger charge is -2.19. The third-order valence-electron chi connectivity index (χ3n) is 3.22. The Kier molecular flexibility index (Phi) is 7.12. The fraction of sp³-hybridized carbons (Fsp3) is 0.500. The predicted molar refractivity (Wildman–Crippen MR) is 91.0 cm³/mol. The fourth-order valence-electron chi connectivity index (χ4n) is 1.92. The van der Waals surface area contributed by atoms with Crippen molar-refractivity contribution >= 4 is 6.09 Å². The molecule has 0 aliphatic rings. The number of rotatable bonds is 6. The van der Waals surface area contributed by atoms with Gasteiger partial charge in [0.25, 0.3) is 0 Å². The van der Waals surface area contributed by atoms with Crippen LogP contribution < -0.4 is 10.6 Å². The van der Waals surface area contributed by atoms with Gasteiger partial charge in [0.1, 0.15) is 5.60 Å². The molecule has 0 spiro atoms. The number of carbonyl (C=O) groups is 1. The first-order valence-corrected chi connectivity index (χ1v) is 7.67. The molecule has 0 radical (unpaired) electrons. The zero-order valence-electron chi connectivity index (χ0n) is 14.3. The van der Waals surface area contributed by atoms with Crippen LogP contribution in [-0.2, 0) is 11.3 Å². The Labute approximate surface area is 133 Å². The summed E-state index contributed by atoms with van der Waals surface area (Å²) in [6, 6.07) is 6.35. The van der Waals surface area contributed by atoms with Gasteiger partial charge in [-0.25, -0.2) is 4.79 Å². The second kappa shape index (κ2) is 8.59. The molecule has 0 aromatic heterocycles. The van der Waals surface area contributed by atoms with Crippen LogP contribution in [0.3, 0.4) is 0 Å². The Morgan fingerprint density at radius 1 is 1.18 bits per heavy atom. The van der Waals surface area contributed by atoms with Crippen molar-refractivity contribution in [1.29, 1.82) is 0 Å². The van der Waals surface area contributed by atoms with E-state index in [0.29, 0.717) is 6.54 Å². The van der Waals surface area contributed by atoms with E-state index in [1.807, 2.05) is 32.9 Å². The van der Waals surface area contributed by atoms with Crippen molar-refractivity contribution in [2.45, 2.75) is 46.8 Å². The molecular formula is C18H28N2O2. The molecular weight excluding hydrogens is 276 g/mol. The van der Waals surface area contributed by atoms with Crippen molar-refractivity contribution in [2.24, 2.45) is 0 Å². The summed E-state index contributed by atoms with van der Waals surface area (Å²) in [5.41, 5.74) is 3.52. The number of hydrogen-bond acceptors (Lipinski definition) is 3. The molecule has 1 rings (SSSR count). The van der Waals surface area contributed by atoms with Gasteiger partial charge >= 0.3 is 6.09 Å². The van der Waals surface area contributed by atoms with Crippen molar-refractivity contribution in [1.82, 2.24) is 10.6 Å². The number of ether oxygens (including phenoxy) is 1. The number of hydrogen-bond donors (Lipinski definition) is 2. The Balaban J connectivity index is 2.19.